The van der Waals surface area contributed by atoms with Crippen LogP contribution in [0.3, 0.4) is 0 Å². The van der Waals surface area contributed by atoms with Gasteiger partial charge >= 0.3 is 0 Å². The van der Waals surface area contributed by atoms with E-state index >= 15 is 0 Å². The van der Waals surface area contributed by atoms with Crippen molar-refractivity contribution in [3.63, 3.8) is 0 Å². The molecule has 2 atom stereocenters. The van der Waals surface area contributed by atoms with Crippen molar-refractivity contribution in [1.82, 2.24) is 10.2 Å². The number of aliphatic hydroxyl groups excluding tert-OH is 1. The first kappa shape index (κ1) is 17.8. The van der Waals surface area contributed by atoms with Gasteiger partial charge in [-0.25, -0.2) is 4.39 Å². The molecule has 0 bridgehead atoms. The van der Waals surface area contributed by atoms with Crippen LogP contribution in [0.1, 0.15) is 44.6 Å². The van der Waals surface area contributed by atoms with Gasteiger partial charge in [-0.05, 0) is 62.9 Å². The highest BCUT2D eigenvalue weighted by Crippen LogP contribution is 2.38. The third-order valence-electron chi connectivity index (χ3n) is 6.10. The molecule has 0 aromatic heterocycles. The highest BCUT2D eigenvalue weighted by molar-refractivity contribution is 5.16. The Hall–Kier alpha value is -0.970. The topological polar surface area (TPSA) is 35.5 Å². The molecule has 0 radical (unpaired) electrons. The first-order valence-corrected chi connectivity index (χ1v) is 9.43. The van der Waals surface area contributed by atoms with E-state index in [0.717, 1.165) is 32.5 Å². The maximum atomic E-state index is 12.9. The minimum absolute atomic E-state index is 0.0692. The van der Waals surface area contributed by atoms with Crippen LogP contribution in [-0.2, 0) is 6.42 Å². The van der Waals surface area contributed by atoms with Crippen molar-refractivity contribution in [1.29, 1.82) is 0 Å². The monoisotopic (exact) mass is 334 g/mol. The lowest BCUT2D eigenvalue weighted by atomic mass is 9.85. The summed E-state index contributed by atoms with van der Waals surface area (Å²) in [5, 5.41) is 13.5. The van der Waals surface area contributed by atoms with Crippen LogP contribution in [0.5, 0.6) is 0 Å². The Morgan fingerprint density at radius 2 is 1.92 bits per heavy atom. The van der Waals surface area contributed by atoms with Gasteiger partial charge in [0.2, 0.25) is 0 Å². The van der Waals surface area contributed by atoms with Crippen molar-refractivity contribution >= 4 is 0 Å². The average Bonchev–Trinajstić information content (AvgIpc) is 2.97. The Balaban J connectivity index is 1.40. The molecule has 1 aromatic rings. The summed E-state index contributed by atoms with van der Waals surface area (Å²) >= 11 is 0. The molecule has 134 valence electrons. The summed E-state index contributed by atoms with van der Waals surface area (Å²) in [4.78, 5) is 2.52. The molecular weight excluding hydrogens is 303 g/mol. The van der Waals surface area contributed by atoms with Crippen LogP contribution >= 0.6 is 0 Å². The lowest BCUT2D eigenvalue weighted by Gasteiger charge is -2.38. The summed E-state index contributed by atoms with van der Waals surface area (Å²) in [7, 11) is 0. The summed E-state index contributed by atoms with van der Waals surface area (Å²) < 4.78 is 12.9. The summed E-state index contributed by atoms with van der Waals surface area (Å²) in [6.07, 6.45) is 6.91. The van der Waals surface area contributed by atoms with Crippen LogP contribution in [0.2, 0.25) is 0 Å². The van der Waals surface area contributed by atoms with Crippen molar-refractivity contribution in [2.45, 2.75) is 57.5 Å². The average molecular weight is 334 g/mol. The molecule has 24 heavy (non-hydrogen) atoms. The lowest BCUT2D eigenvalue weighted by molar-refractivity contribution is 0.103. The highest BCUT2D eigenvalue weighted by Gasteiger charge is 2.39. The standard InChI is InChI=1S/C20H31FN2O/c1-20(15-24)11-2-3-19(20)22-18-9-13-23(14-10-18)12-8-16-4-6-17(21)7-5-16/h4-7,18-19,22,24H,2-3,8-15H2,1H3. The third-order valence-corrected chi connectivity index (χ3v) is 6.10. The number of nitrogens with zero attached hydrogens (tertiary/aromatic N) is 1. The molecule has 4 heteroatoms. The highest BCUT2D eigenvalue weighted by atomic mass is 19.1. The molecule has 0 spiro atoms. The van der Waals surface area contributed by atoms with Crippen molar-refractivity contribution < 1.29 is 9.50 Å². The van der Waals surface area contributed by atoms with Crippen LogP contribution in [0, 0.1) is 11.2 Å². The maximum Gasteiger partial charge on any atom is 0.123 e. The normalized spacial score (nSPS) is 29.2. The molecule has 3 nitrogen and oxygen atoms in total. The molecule has 1 heterocycles. The van der Waals surface area contributed by atoms with Gasteiger partial charge < -0.3 is 15.3 Å². The number of rotatable bonds is 6. The number of aliphatic hydroxyl groups is 1. The molecule has 2 fully saturated rings. The summed E-state index contributed by atoms with van der Waals surface area (Å²) in [5.74, 6) is -0.160. The number of likely N-dealkylation sites (tertiary alicyclic amines) is 1. The van der Waals surface area contributed by atoms with E-state index in [0.29, 0.717) is 18.7 Å². The van der Waals surface area contributed by atoms with Gasteiger partial charge in [-0.1, -0.05) is 25.5 Å². The van der Waals surface area contributed by atoms with Gasteiger partial charge in [0.15, 0.2) is 0 Å². The predicted molar refractivity (Wildman–Crippen MR) is 95.5 cm³/mol. The van der Waals surface area contributed by atoms with E-state index in [4.69, 9.17) is 0 Å². The van der Waals surface area contributed by atoms with Crippen LogP contribution < -0.4 is 5.32 Å². The minimum atomic E-state index is -0.160. The number of piperidine rings is 1. The molecule has 2 aliphatic rings. The fourth-order valence-corrected chi connectivity index (χ4v) is 4.25. The van der Waals surface area contributed by atoms with Crippen molar-refractivity contribution in [2.24, 2.45) is 5.41 Å². The number of halogens is 1. The summed E-state index contributed by atoms with van der Waals surface area (Å²) in [5.41, 5.74) is 1.28. The Labute approximate surface area is 145 Å². The Kier molecular flexibility index (Phi) is 5.90. The van der Waals surface area contributed by atoms with Crippen LogP contribution in [-0.4, -0.2) is 48.3 Å². The quantitative estimate of drug-likeness (QED) is 0.839. The fraction of sp³-hybridized carbons (Fsp3) is 0.700. The molecule has 2 unspecified atom stereocenters. The van der Waals surface area contributed by atoms with E-state index in [1.807, 2.05) is 12.1 Å². The molecule has 1 aliphatic heterocycles. The predicted octanol–water partition coefficient (Wildman–Crippen LogP) is 2.97. The van der Waals surface area contributed by atoms with E-state index in [1.165, 1.54) is 31.2 Å². The van der Waals surface area contributed by atoms with Gasteiger partial charge in [-0.3, -0.25) is 0 Å². The maximum absolute atomic E-state index is 12.9. The van der Waals surface area contributed by atoms with Gasteiger partial charge in [0.1, 0.15) is 5.82 Å². The molecule has 2 N–H and O–H groups in total. The Morgan fingerprint density at radius 1 is 1.21 bits per heavy atom. The van der Waals surface area contributed by atoms with Gasteiger partial charge in [0.25, 0.3) is 0 Å². The molecule has 1 aromatic carbocycles. The Bertz CT molecular complexity index is 513. The first-order chi connectivity index (χ1) is 11.6. The number of hydrogen-bond acceptors (Lipinski definition) is 3. The first-order valence-electron chi connectivity index (χ1n) is 9.43. The van der Waals surface area contributed by atoms with E-state index in [-0.39, 0.29) is 11.2 Å². The van der Waals surface area contributed by atoms with Crippen LogP contribution in [0.15, 0.2) is 24.3 Å². The molecule has 3 rings (SSSR count). The van der Waals surface area contributed by atoms with Gasteiger partial charge in [-0.15, -0.1) is 0 Å². The molecule has 1 saturated carbocycles. The number of hydrogen-bond donors (Lipinski definition) is 2. The second-order valence-corrected chi connectivity index (χ2v) is 7.92. The minimum Gasteiger partial charge on any atom is -0.396 e. The van der Waals surface area contributed by atoms with Gasteiger partial charge in [0.05, 0.1) is 0 Å². The second-order valence-electron chi connectivity index (χ2n) is 7.92. The zero-order valence-electron chi connectivity index (χ0n) is 14.8. The SMILES string of the molecule is CC1(CO)CCCC1NC1CCN(CCc2ccc(F)cc2)CC1. The van der Waals surface area contributed by atoms with E-state index in [1.54, 1.807) is 12.1 Å². The number of benzene rings is 1. The zero-order chi connectivity index (χ0) is 17.0. The van der Waals surface area contributed by atoms with Crippen LogP contribution in [0.25, 0.3) is 0 Å². The van der Waals surface area contributed by atoms with Gasteiger partial charge in [0, 0.05) is 30.7 Å². The second kappa shape index (κ2) is 7.94. The fourth-order valence-electron chi connectivity index (χ4n) is 4.25. The van der Waals surface area contributed by atoms with E-state index < -0.39 is 0 Å². The van der Waals surface area contributed by atoms with Crippen molar-refractivity contribution in [2.75, 3.05) is 26.2 Å². The van der Waals surface area contributed by atoms with Gasteiger partial charge in [-0.2, -0.15) is 0 Å². The summed E-state index contributed by atoms with van der Waals surface area (Å²) in [6, 6.07) is 7.93. The van der Waals surface area contributed by atoms with Crippen molar-refractivity contribution in [3.05, 3.63) is 35.6 Å². The van der Waals surface area contributed by atoms with Crippen molar-refractivity contribution in [3.8, 4) is 0 Å². The zero-order valence-corrected chi connectivity index (χ0v) is 14.8. The molecule has 1 saturated heterocycles. The molecule has 1 aliphatic carbocycles. The summed E-state index contributed by atoms with van der Waals surface area (Å²) in [6.45, 7) is 5.82. The molecular formula is C20H31FN2O. The lowest BCUT2D eigenvalue weighted by Crippen LogP contribution is -2.50. The molecule has 0 amide bonds. The Morgan fingerprint density at radius 3 is 2.58 bits per heavy atom. The number of nitrogens with one attached hydrogen (secondary N) is 1. The van der Waals surface area contributed by atoms with E-state index in [9.17, 15) is 9.50 Å². The third kappa shape index (κ3) is 4.35. The largest absolute Gasteiger partial charge is 0.396 e. The van der Waals surface area contributed by atoms with E-state index in [2.05, 4.69) is 17.1 Å². The smallest absolute Gasteiger partial charge is 0.123 e. The van der Waals surface area contributed by atoms with Crippen LogP contribution in [0.4, 0.5) is 4.39 Å².